The number of nitrogens with one attached hydrogen (secondary N) is 1. The number of carboxylic acid groups (broad SMARTS) is 1. The molecule has 1 amide bonds. The van der Waals surface area contributed by atoms with Gasteiger partial charge in [-0.05, 0) is 26.9 Å². The minimum Gasteiger partial charge on any atom is -0.481 e. The van der Waals surface area contributed by atoms with E-state index in [-0.39, 0.29) is 11.8 Å². The third kappa shape index (κ3) is 4.34. The van der Waals surface area contributed by atoms with Crippen molar-refractivity contribution >= 4 is 11.9 Å². The summed E-state index contributed by atoms with van der Waals surface area (Å²) in [6.07, 6.45) is 3.19. The SMILES string of the molecule is CN(C)CCNC(=O)C1CCCCC1C(=O)O. The third-order valence-electron chi connectivity index (χ3n) is 3.28. The Labute approximate surface area is 102 Å². The van der Waals surface area contributed by atoms with Crippen molar-refractivity contribution in [1.82, 2.24) is 10.2 Å². The number of carbonyl (C=O) groups excluding carboxylic acids is 1. The van der Waals surface area contributed by atoms with E-state index in [4.69, 9.17) is 5.11 Å². The van der Waals surface area contributed by atoms with Crippen molar-refractivity contribution in [3.63, 3.8) is 0 Å². The number of rotatable bonds is 5. The zero-order valence-corrected chi connectivity index (χ0v) is 10.6. The molecule has 1 saturated carbocycles. The number of carboxylic acids is 1. The van der Waals surface area contributed by atoms with Crippen LogP contribution in [0.3, 0.4) is 0 Å². The van der Waals surface area contributed by atoms with Crippen LogP contribution in [0.5, 0.6) is 0 Å². The molecule has 5 nitrogen and oxygen atoms in total. The second-order valence-corrected chi connectivity index (χ2v) is 4.93. The van der Waals surface area contributed by atoms with Gasteiger partial charge in [-0.25, -0.2) is 0 Å². The zero-order valence-electron chi connectivity index (χ0n) is 10.6. The van der Waals surface area contributed by atoms with Crippen molar-refractivity contribution in [2.75, 3.05) is 27.2 Å². The van der Waals surface area contributed by atoms with Crippen molar-refractivity contribution < 1.29 is 14.7 Å². The fraction of sp³-hybridized carbons (Fsp3) is 0.833. The average molecular weight is 242 g/mol. The standard InChI is InChI=1S/C12H22N2O3/c1-14(2)8-7-13-11(15)9-5-3-4-6-10(9)12(16)17/h9-10H,3-8H2,1-2H3,(H,13,15)(H,16,17). The summed E-state index contributed by atoms with van der Waals surface area (Å²) in [4.78, 5) is 24.9. The lowest BCUT2D eigenvalue weighted by atomic mass is 9.79. The van der Waals surface area contributed by atoms with E-state index < -0.39 is 11.9 Å². The molecule has 0 aromatic carbocycles. The number of likely N-dealkylation sites (N-methyl/N-ethyl adjacent to an activating group) is 1. The van der Waals surface area contributed by atoms with Crippen molar-refractivity contribution in [2.45, 2.75) is 25.7 Å². The Morgan fingerprint density at radius 1 is 1.24 bits per heavy atom. The molecular formula is C12H22N2O3. The highest BCUT2D eigenvalue weighted by atomic mass is 16.4. The topological polar surface area (TPSA) is 69.6 Å². The van der Waals surface area contributed by atoms with Crippen LogP contribution in [-0.4, -0.2) is 49.1 Å². The second kappa shape index (κ2) is 6.59. The predicted molar refractivity (Wildman–Crippen MR) is 64.6 cm³/mol. The number of nitrogens with zero attached hydrogens (tertiary/aromatic N) is 1. The summed E-state index contributed by atoms with van der Waals surface area (Å²) in [6.45, 7) is 1.35. The van der Waals surface area contributed by atoms with Crippen molar-refractivity contribution in [3.05, 3.63) is 0 Å². The van der Waals surface area contributed by atoms with Crippen LogP contribution in [0.1, 0.15) is 25.7 Å². The molecule has 1 rings (SSSR count). The van der Waals surface area contributed by atoms with Crippen molar-refractivity contribution in [1.29, 1.82) is 0 Å². The lowest BCUT2D eigenvalue weighted by Gasteiger charge is -2.27. The maximum Gasteiger partial charge on any atom is 0.307 e. The quantitative estimate of drug-likeness (QED) is 0.739. The molecule has 2 atom stereocenters. The van der Waals surface area contributed by atoms with Gasteiger partial charge in [0.1, 0.15) is 0 Å². The van der Waals surface area contributed by atoms with Gasteiger partial charge in [0, 0.05) is 13.1 Å². The number of carbonyl (C=O) groups is 2. The Morgan fingerprint density at radius 2 is 1.82 bits per heavy atom. The smallest absolute Gasteiger partial charge is 0.307 e. The molecule has 0 aromatic rings. The van der Waals surface area contributed by atoms with E-state index in [1.165, 1.54) is 0 Å². The van der Waals surface area contributed by atoms with Crippen LogP contribution in [0, 0.1) is 11.8 Å². The molecule has 0 spiro atoms. The van der Waals surface area contributed by atoms with Crippen molar-refractivity contribution in [3.8, 4) is 0 Å². The molecule has 0 aliphatic heterocycles. The van der Waals surface area contributed by atoms with E-state index in [0.29, 0.717) is 19.4 Å². The number of amides is 1. The van der Waals surface area contributed by atoms with Crippen molar-refractivity contribution in [2.24, 2.45) is 11.8 Å². The van der Waals surface area contributed by atoms with E-state index in [1.807, 2.05) is 19.0 Å². The van der Waals surface area contributed by atoms with E-state index in [9.17, 15) is 9.59 Å². The minimum atomic E-state index is -0.836. The van der Waals surface area contributed by atoms with E-state index >= 15 is 0 Å². The third-order valence-corrected chi connectivity index (χ3v) is 3.28. The Hall–Kier alpha value is -1.10. The molecule has 2 N–H and O–H groups in total. The van der Waals surface area contributed by atoms with Crippen LogP contribution in [0.25, 0.3) is 0 Å². The minimum absolute atomic E-state index is 0.0982. The molecule has 1 aliphatic rings. The Balaban J connectivity index is 2.45. The molecular weight excluding hydrogens is 220 g/mol. The summed E-state index contributed by atoms with van der Waals surface area (Å²) in [6, 6.07) is 0. The van der Waals surface area contributed by atoms with Gasteiger partial charge in [-0.15, -0.1) is 0 Å². The highest BCUT2D eigenvalue weighted by Gasteiger charge is 2.35. The maximum atomic E-state index is 11.9. The molecule has 98 valence electrons. The fourth-order valence-electron chi connectivity index (χ4n) is 2.27. The molecule has 0 bridgehead atoms. The van der Waals surface area contributed by atoms with Gasteiger partial charge in [-0.3, -0.25) is 9.59 Å². The van der Waals surface area contributed by atoms with E-state index in [2.05, 4.69) is 5.32 Å². The van der Waals surface area contributed by atoms with Gasteiger partial charge in [-0.1, -0.05) is 12.8 Å². The summed E-state index contributed by atoms with van der Waals surface area (Å²) in [7, 11) is 3.87. The van der Waals surface area contributed by atoms with E-state index in [0.717, 1.165) is 19.4 Å². The molecule has 5 heteroatoms. The summed E-state index contributed by atoms with van der Waals surface area (Å²) >= 11 is 0. The maximum absolute atomic E-state index is 11.9. The van der Waals surface area contributed by atoms with Gasteiger partial charge in [0.25, 0.3) is 0 Å². The van der Waals surface area contributed by atoms with Crippen LogP contribution < -0.4 is 5.32 Å². The number of hydrogen-bond donors (Lipinski definition) is 2. The van der Waals surface area contributed by atoms with Crippen LogP contribution in [0.15, 0.2) is 0 Å². The largest absolute Gasteiger partial charge is 0.481 e. The molecule has 0 aromatic heterocycles. The number of hydrogen-bond acceptors (Lipinski definition) is 3. The van der Waals surface area contributed by atoms with Gasteiger partial charge in [-0.2, -0.15) is 0 Å². The van der Waals surface area contributed by atoms with Gasteiger partial charge in [0.05, 0.1) is 11.8 Å². The Bertz CT molecular complexity index is 279. The average Bonchev–Trinajstić information content (AvgIpc) is 2.28. The first-order chi connectivity index (χ1) is 8.02. The number of aliphatic carboxylic acids is 1. The summed E-state index contributed by atoms with van der Waals surface area (Å²) < 4.78 is 0. The predicted octanol–water partition coefficient (Wildman–Crippen LogP) is 0.555. The first kappa shape index (κ1) is 14.0. The summed E-state index contributed by atoms with van der Waals surface area (Å²) in [5.41, 5.74) is 0. The molecule has 0 heterocycles. The highest BCUT2D eigenvalue weighted by Crippen LogP contribution is 2.30. The summed E-state index contributed by atoms with van der Waals surface area (Å²) in [5, 5.41) is 11.9. The van der Waals surface area contributed by atoms with Crippen LogP contribution >= 0.6 is 0 Å². The normalized spacial score (nSPS) is 24.6. The van der Waals surface area contributed by atoms with Gasteiger partial charge in [0.2, 0.25) is 5.91 Å². The Morgan fingerprint density at radius 3 is 2.35 bits per heavy atom. The first-order valence-electron chi connectivity index (χ1n) is 6.17. The van der Waals surface area contributed by atoms with Crippen LogP contribution in [-0.2, 0) is 9.59 Å². The first-order valence-corrected chi connectivity index (χ1v) is 6.17. The lowest BCUT2D eigenvalue weighted by molar-refractivity contribution is -0.148. The molecule has 0 radical (unpaired) electrons. The lowest BCUT2D eigenvalue weighted by Crippen LogP contribution is -2.41. The van der Waals surface area contributed by atoms with Gasteiger partial charge < -0.3 is 15.3 Å². The zero-order chi connectivity index (χ0) is 12.8. The Kier molecular flexibility index (Phi) is 5.41. The highest BCUT2D eigenvalue weighted by molar-refractivity contribution is 5.84. The second-order valence-electron chi connectivity index (χ2n) is 4.93. The summed E-state index contributed by atoms with van der Waals surface area (Å²) in [5.74, 6) is -1.78. The van der Waals surface area contributed by atoms with Crippen LogP contribution in [0.2, 0.25) is 0 Å². The molecule has 0 saturated heterocycles. The van der Waals surface area contributed by atoms with Crippen LogP contribution in [0.4, 0.5) is 0 Å². The van der Waals surface area contributed by atoms with Gasteiger partial charge >= 0.3 is 5.97 Å². The van der Waals surface area contributed by atoms with Gasteiger partial charge in [0.15, 0.2) is 0 Å². The molecule has 1 aliphatic carbocycles. The van der Waals surface area contributed by atoms with E-state index in [1.54, 1.807) is 0 Å². The molecule has 1 fully saturated rings. The monoisotopic (exact) mass is 242 g/mol. The molecule has 2 unspecified atom stereocenters. The fourth-order valence-corrected chi connectivity index (χ4v) is 2.27. The molecule has 17 heavy (non-hydrogen) atoms.